The lowest BCUT2D eigenvalue weighted by molar-refractivity contribution is -0.116. The SMILES string of the molecule is CCCCCCCCCCCCCC(=O)Nc1ccc(Cl)c(N=C2NN(c3c(Cl)cc(Cl)cc3Cl)C(=O)C2=Nc2ccc(N(C)CC)cc2)c1. The molecule has 0 radical (unpaired) electrons. The number of carbonyl (C=O) groups excluding carboxylic acids is 2. The van der Waals surface area contributed by atoms with Crippen LogP contribution in [0.5, 0.6) is 0 Å². The first kappa shape index (κ1) is 39.5. The van der Waals surface area contributed by atoms with Crippen LogP contribution in [0.4, 0.5) is 28.4 Å². The van der Waals surface area contributed by atoms with E-state index in [0.29, 0.717) is 33.5 Å². The first-order valence-corrected chi connectivity index (χ1v) is 19.0. The summed E-state index contributed by atoms with van der Waals surface area (Å²) in [4.78, 5) is 38.1. The number of halogens is 4. The van der Waals surface area contributed by atoms with Crippen LogP contribution in [-0.4, -0.2) is 37.0 Å². The van der Waals surface area contributed by atoms with Crippen molar-refractivity contribution >= 4 is 98.2 Å². The van der Waals surface area contributed by atoms with Crippen LogP contribution < -0.4 is 20.7 Å². The molecule has 0 atom stereocenters. The Morgan fingerprint density at radius 2 is 1.38 bits per heavy atom. The molecule has 4 rings (SSSR count). The molecule has 8 nitrogen and oxygen atoms in total. The van der Waals surface area contributed by atoms with Crippen molar-refractivity contribution in [3.8, 4) is 0 Å². The molecule has 3 aromatic rings. The van der Waals surface area contributed by atoms with Gasteiger partial charge in [0.05, 0.1) is 26.4 Å². The third-order valence-corrected chi connectivity index (χ3v) is 9.64. The van der Waals surface area contributed by atoms with Crippen LogP contribution in [0.15, 0.2) is 64.6 Å². The number of hydrogen-bond donors (Lipinski definition) is 2. The number of benzene rings is 3. The monoisotopic (exact) mass is 758 g/mol. The molecule has 1 saturated heterocycles. The molecule has 0 aromatic heterocycles. The van der Waals surface area contributed by atoms with Crippen molar-refractivity contribution < 1.29 is 9.59 Å². The van der Waals surface area contributed by atoms with E-state index in [1.165, 1.54) is 68.5 Å². The molecule has 0 spiro atoms. The van der Waals surface area contributed by atoms with E-state index in [1.807, 2.05) is 31.3 Å². The van der Waals surface area contributed by atoms with Gasteiger partial charge in [-0.1, -0.05) is 118 Å². The number of anilines is 3. The van der Waals surface area contributed by atoms with E-state index in [4.69, 9.17) is 51.4 Å². The molecule has 50 heavy (non-hydrogen) atoms. The van der Waals surface area contributed by atoms with Crippen LogP contribution >= 0.6 is 46.4 Å². The summed E-state index contributed by atoms with van der Waals surface area (Å²) < 4.78 is 0. The van der Waals surface area contributed by atoms with Gasteiger partial charge in [-0.25, -0.2) is 15.0 Å². The van der Waals surface area contributed by atoms with E-state index in [2.05, 4.69) is 34.5 Å². The summed E-state index contributed by atoms with van der Waals surface area (Å²) in [7, 11) is 1.99. The summed E-state index contributed by atoms with van der Waals surface area (Å²) in [6.07, 6.45) is 13.8. The van der Waals surface area contributed by atoms with Crippen LogP contribution in [0.25, 0.3) is 0 Å². The number of carbonyl (C=O) groups is 2. The number of unbranched alkanes of at least 4 members (excludes halogenated alkanes) is 10. The topological polar surface area (TPSA) is 89.4 Å². The zero-order valence-corrected chi connectivity index (χ0v) is 32.0. The molecule has 12 heteroatoms. The Morgan fingerprint density at radius 3 is 1.98 bits per heavy atom. The summed E-state index contributed by atoms with van der Waals surface area (Å²) in [6, 6.07) is 15.5. The minimum atomic E-state index is -0.530. The van der Waals surface area contributed by atoms with Crippen LogP contribution in [0, 0.1) is 0 Å². The van der Waals surface area contributed by atoms with E-state index >= 15 is 0 Å². The van der Waals surface area contributed by atoms with Crippen molar-refractivity contribution in [2.24, 2.45) is 9.98 Å². The van der Waals surface area contributed by atoms with Gasteiger partial charge in [-0.2, -0.15) is 0 Å². The molecule has 1 fully saturated rings. The Hall–Kier alpha value is -3.30. The van der Waals surface area contributed by atoms with Gasteiger partial charge in [0.15, 0.2) is 11.5 Å². The Balaban J connectivity index is 1.48. The fourth-order valence-corrected chi connectivity index (χ4v) is 6.71. The molecule has 0 unspecified atom stereocenters. The van der Waals surface area contributed by atoms with Crippen molar-refractivity contribution in [1.82, 2.24) is 5.43 Å². The third-order valence-electron chi connectivity index (χ3n) is 8.53. The average molecular weight is 761 g/mol. The molecule has 2 N–H and O–H groups in total. The zero-order chi connectivity index (χ0) is 36.0. The highest BCUT2D eigenvalue weighted by molar-refractivity contribution is 6.72. The number of aliphatic imine (C=N–C) groups is 2. The molecule has 2 amide bonds. The normalized spacial score (nSPS) is 14.5. The molecule has 1 heterocycles. The van der Waals surface area contributed by atoms with Gasteiger partial charge in [-0.05, 0) is 67.9 Å². The van der Waals surface area contributed by atoms with Crippen molar-refractivity contribution in [2.45, 2.75) is 90.9 Å². The maximum Gasteiger partial charge on any atom is 0.299 e. The molecular weight excluding hydrogens is 714 g/mol. The lowest BCUT2D eigenvalue weighted by Crippen LogP contribution is -2.36. The molecule has 0 saturated carbocycles. The summed E-state index contributed by atoms with van der Waals surface area (Å²) in [5.74, 6) is -0.482. The molecule has 1 aliphatic rings. The number of nitrogens with zero attached hydrogens (tertiary/aromatic N) is 4. The predicted molar refractivity (Wildman–Crippen MR) is 213 cm³/mol. The maximum atomic E-state index is 13.9. The first-order chi connectivity index (χ1) is 24.1. The highest BCUT2D eigenvalue weighted by atomic mass is 35.5. The fourth-order valence-electron chi connectivity index (χ4n) is 5.56. The minimum absolute atomic E-state index is 0.0191. The number of hydrogen-bond acceptors (Lipinski definition) is 5. The average Bonchev–Trinajstić information content (AvgIpc) is 3.37. The maximum absolute atomic E-state index is 13.9. The van der Waals surface area contributed by atoms with Crippen LogP contribution in [-0.2, 0) is 9.59 Å². The molecule has 0 aliphatic carbocycles. The highest BCUT2D eigenvalue weighted by Gasteiger charge is 2.37. The van der Waals surface area contributed by atoms with Crippen molar-refractivity contribution in [2.75, 3.05) is 28.8 Å². The second-order valence-corrected chi connectivity index (χ2v) is 14.1. The molecule has 0 bridgehead atoms. The first-order valence-electron chi connectivity index (χ1n) is 17.4. The number of amidine groups is 1. The summed E-state index contributed by atoms with van der Waals surface area (Å²) >= 11 is 25.7. The summed E-state index contributed by atoms with van der Waals surface area (Å²) in [5.41, 5.74) is 5.65. The van der Waals surface area contributed by atoms with E-state index in [0.717, 1.165) is 31.5 Å². The van der Waals surface area contributed by atoms with Gasteiger partial charge in [0.1, 0.15) is 5.69 Å². The van der Waals surface area contributed by atoms with Gasteiger partial charge in [0, 0.05) is 36.4 Å². The van der Waals surface area contributed by atoms with Gasteiger partial charge in [0.2, 0.25) is 5.91 Å². The van der Waals surface area contributed by atoms with Crippen LogP contribution in [0.3, 0.4) is 0 Å². The number of rotatable bonds is 18. The molecule has 3 aromatic carbocycles. The van der Waals surface area contributed by atoms with E-state index < -0.39 is 5.91 Å². The van der Waals surface area contributed by atoms with Crippen molar-refractivity contribution in [3.05, 3.63) is 74.7 Å². The van der Waals surface area contributed by atoms with E-state index in [-0.39, 0.29) is 33.2 Å². The fraction of sp³-hybridized carbons (Fsp3) is 0.421. The number of hydrazine groups is 1. The molecular formula is C38H46Cl4N6O2. The van der Waals surface area contributed by atoms with Gasteiger partial charge in [-0.15, -0.1) is 0 Å². The van der Waals surface area contributed by atoms with Gasteiger partial charge in [-0.3, -0.25) is 15.0 Å². The Bertz CT molecular complexity index is 1660. The van der Waals surface area contributed by atoms with Crippen LogP contribution in [0.2, 0.25) is 20.1 Å². The van der Waals surface area contributed by atoms with Gasteiger partial charge >= 0.3 is 0 Å². The standard InChI is InChI=1S/C38H46Cl4N6O2/c1-4-6-7-8-9-10-11-12-13-14-15-16-34(49)43-28-19-22-30(40)33(25-28)45-37-35(44-27-17-20-29(21-18-27)47(3)5-2)38(50)48(46-37)36-31(41)23-26(39)24-32(36)42/h17-25H,4-16H2,1-3H3,(H,43,49)(H,45,46). The zero-order valence-electron chi connectivity index (χ0n) is 29.0. The summed E-state index contributed by atoms with van der Waals surface area (Å²) in [5, 5.41) is 5.12. The second-order valence-electron chi connectivity index (χ2n) is 12.4. The van der Waals surface area contributed by atoms with Gasteiger partial charge < -0.3 is 10.2 Å². The Labute approximate surface area is 316 Å². The Morgan fingerprint density at radius 1 is 0.780 bits per heavy atom. The number of nitrogens with one attached hydrogen (secondary N) is 2. The second kappa shape index (κ2) is 19.9. The predicted octanol–water partition coefficient (Wildman–Crippen LogP) is 11.7. The quantitative estimate of drug-likeness (QED) is 0.126. The lowest BCUT2D eigenvalue weighted by atomic mass is 10.1. The molecule has 268 valence electrons. The molecule has 1 aliphatic heterocycles. The lowest BCUT2D eigenvalue weighted by Gasteiger charge is -2.18. The number of amides is 2. The smallest absolute Gasteiger partial charge is 0.299 e. The van der Waals surface area contributed by atoms with Crippen LogP contribution in [0.1, 0.15) is 90.9 Å². The van der Waals surface area contributed by atoms with Crippen molar-refractivity contribution in [1.29, 1.82) is 0 Å². The highest BCUT2D eigenvalue weighted by Crippen LogP contribution is 2.38. The Kier molecular flexibility index (Phi) is 15.7. The summed E-state index contributed by atoms with van der Waals surface area (Å²) in [6.45, 7) is 5.14. The van der Waals surface area contributed by atoms with Crippen molar-refractivity contribution in [3.63, 3.8) is 0 Å². The third kappa shape index (κ3) is 11.4. The largest absolute Gasteiger partial charge is 0.375 e. The van der Waals surface area contributed by atoms with E-state index in [1.54, 1.807) is 18.2 Å². The van der Waals surface area contributed by atoms with Gasteiger partial charge in [0.25, 0.3) is 5.91 Å². The van der Waals surface area contributed by atoms with E-state index in [9.17, 15) is 9.59 Å². The minimum Gasteiger partial charge on any atom is -0.375 e.